The molecule has 19 heavy (non-hydrogen) atoms. The van der Waals surface area contributed by atoms with E-state index in [0.29, 0.717) is 0 Å². The molecule has 1 aromatic carbocycles. The number of rotatable bonds is 7. The lowest BCUT2D eigenvalue weighted by atomic mass is 10.1. The Bertz CT molecular complexity index is 380. The van der Waals surface area contributed by atoms with Crippen molar-refractivity contribution in [1.82, 2.24) is 10.2 Å². The van der Waals surface area contributed by atoms with Crippen molar-refractivity contribution in [2.75, 3.05) is 26.7 Å². The van der Waals surface area contributed by atoms with Gasteiger partial charge in [0.05, 0.1) is 0 Å². The van der Waals surface area contributed by atoms with Crippen LogP contribution in [-0.2, 0) is 0 Å². The maximum absolute atomic E-state index is 4.14. The quantitative estimate of drug-likeness (QED) is 0.756. The van der Waals surface area contributed by atoms with Crippen LogP contribution in [-0.4, -0.2) is 37.6 Å². The van der Waals surface area contributed by atoms with Gasteiger partial charge >= 0.3 is 0 Å². The highest BCUT2D eigenvalue weighted by molar-refractivity contribution is 5.64. The van der Waals surface area contributed by atoms with Crippen LogP contribution < -0.4 is 5.32 Å². The Hall–Kier alpha value is -1.12. The molecule has 0 aliphatic heterocycles. The highest BCUT2D eigenvalue weighted by Crippen LogP contribution is 2.21. The molecule has 1 aliphatic rings. The molecular weight excluding hydrogens is 232 g/mol. The molecule has 0 bridgehead atoms. The number of benzene rings is 1. The van der Waals surface area contributed by atoms with Crippen molar-refractivity contribution in [2.24, 2.45) is 0 Å². The minimum Gasteiger partial charge on any atom is -0.311 e. The van der Waals surface area contributed by atoms with E-state index in [2.05, 4.69) is 48.1 Å². The Balaban J connectivity index is 1.62. The molecular formula is C17H26N2. The lowest BCUT2D eigenvalue weighted by Gasteiger charge is -2.24. The number of likely N-dealkylation sites (N-methyl/N-ethyl adjacent to an activating group) is 1. The summed E-state index contributed by atoms with van der Waals surface area (Å²) in [6.07, 6.45) is 5.58. The Morgan fingerprint density at radius 1 is 1.26 bits per heavy atom. The Kier molecular flexibility index (Phi) is 5.62. The Morgan fingerprint density at radius 2 is 1.95 bits per heavy atom. The number of hydrogen-bond acceptors (Lipinski definition) is 2. The first-order valence-corrected chi connectivity index (χ1v) is 7.41. The number of nitrogens with zero attached hydrogens (tertiary/aromatic N) is 1. The van der Waals surface area contributed by atoms with Crippen LogP contribution in [0.25, 0.3) is 5.57 Å². The van der Waals surface area contributed by atoms with Gasteiger partial charge in [-0.25, -0.2) is 0 Å². The highest BCUT2D eigenvalue weighted by Gasteiger charge is 2.18. The molecule has 0 aromatic heterocycles. The van der Waals surface area contributed by atoms with Gasteiger partial charge < -0.3 is 10.2 Å². The standard InChI is InChI=1S/C17H26N2/c1-15(16-8-4-3-5-9-16)14-18-12-13-19(2)17-10-6-7-11-17/h3-5,8-9,17-18H,1,6-7,10-14H2,2H3. The Labute approximate surface area is 117 Å². The van der Waals surface area contributed by atoms with Crippen molar-refractivity contribution >= 4 is 5.57 Å². The minimum absolute atomic E-state index is 0.819. The van der Waals surface area contributed by atoms with E-state index in [1.807, 2.05) is 6.07 Å². The van der Waals surface area contributed by atoms with Crippen molar-refractivity contribution in [1.29, 1.82) is 0 Å². The summed E-state index contributed by atoms with van der Waals surface area (Å²) < 4.78 is 0. The van der Waals surface area contributed by atoms with Gasteiger partial charge in [-0.2, -0.15) is 0 Å². The first-order chi connectivity index (χ1) is 9.27. The summed E-state index contributed by atoms with van der Waals surface area (Å²) in [6, 6.07) is 11.2. The zero-order valence-corrected chi connectivity index (χ0v) is 12.1. The van der Waals surface area contributed by atoms with Crippen molar-refractivity contribution in [3.05, 3.63) is 42.5 Å². The second-order valence-corrected chi connectivity index (χ2v) is 5.57. The molecule has 0 spiro atoms. The molecule has 104 valence electrons. The molecule has 1 aromatic rings. The molecule has 2 rings (SSSR count). The normalized spacial score (nSPS) is 16.1. The van der Waals surface area contributed by atoms with Gasteiger partial charge in [0.25, 0.3) is 0 Å². The average molecular weight is 258 g/mol. The van der Waals surface area contributed by atoms with E-state index < -0.39 is 0 Å². The van der Waals surface area contributed by atoms with Gasteiger partial charge in [-0.15, -0.1) is 0 Å². The SMILES string of the molecule is C=C(CNCCN(C)C1CCCC1)c1ccccc1. The monoisotopic (exact) mass is 258 g/mol. The van der Waals surface area contributed by atoms with Crippen LogP contribution in [0.1, 0.15) is 31.2 Å². The van der Waals surface area contributed by atoms with E-state index in [9.17, 15) is 0 Å². The number of nitrogens with one attached hydrogen (secondary N) is 1. The Morgan fingerprint density at radius 3 is 2.63 bits per heavy atom. The molecule has 0 amide bonds. The van der Waals surface area contributed by atoms with E-state index in [1.165, 1.54) is 36.8 Å². The second-order valence-electron chi connectivity index (χ2n) is 5.57. The van der Waals surface area contributed by atoms with Gasteiger partial charge in [-0.3, -0.25) is 0 Å². The van der Waals surface area contributed by atoms with Crippen LogP contribution in [0.5, 0.6) is 0 Å². The summed E-state index contributed by atoms with van der Waals surface area (Å²) >= 11 is 0. The average Bonchev–Trinajstić information content (AvgIpc) is 2.98. The van der Waals surface area contributed by atoms with Crippen LogP contribution in [0.15, 0.2) is 36.9 Å². The maximum Gasteiger partial charge on any atom is 0.0206 e. The summed E-state index contributed by atoms with van der Waals surface area (Å²) in [5.41, 5.74) is 2.41. The molecule has 2 heteroatoms. The van der Waals surface area contributed by atoms with Gasteiger partial charge in [0.1, 0.15) is 0 Å². The van der Waals surface area contributed by atoms with Gasteiger partial charge in [0, 0.05) is 25.7 Å². The first kappa shape index (κ1) is 14.3. The number of hydrogen-bond donors (Lipinski definition) is 1. The molecule has 0 unspecified atom stereocenters. The lowest BCUT2D eigenvalue weighted by Crippen LogP contribution is -2.35. The minimum atomic E-state index is 0.819. The van der Waals surface area contributed by atoms with Crippen molar-refractivity contribution in [3.63, 3.8) is 0 Å². The van der Waals surface area contributed by atoms with E-state index in [4.69, 9.17) is 0 Å². The first-order valence-electron chi connectivity index (χ1n) is 7.41. The molecule has 0 radical (unpaired) electrons. The van der Waals surface area contributed by atoms with Gasteiger partial charge in [-0.1, -0.05) is 49.8 Å². The fourth-order valence-electron chi connectivity index (χ4n) is 2.80. The van der Waals surface area contributed by atoms with E-state index in [-0.39, 0.29) is 0 Å². The van der Waals surface area contributed by atoms with Gasteiger partial charge in [0.15, 0.2) is 0 Å². The maximum atomic E-state index is 4.14. The summed E-state index contributed by atoms with van der Waals surface area (Å²) in [5, 5.41) is 3.50. The molecule has 1 saturated carbocycles. The topological polar surface area (TPSA) is 15.3 Å². The molecule has 1 fully saturated rings. The smallest absolute Gasteiger partial charge is 0.0206 e. The van der Waals surface area contributed by atoms with Crippen molar-refractivity contribution in [2.45, 2.75) is 31.7 Å². The molecule has 2 nitrogen and oxygen atoms in total. The molecule has 0 heterocycles. The molecule has 0 atom stereocenters. The third-order valence-corrected chi connectivity index (χ3v) is 4.11. The molecule has 1 N–H and O–H groups in total. The summed E-state index contributed by atoms with van der Waals surface area (Å²) in [6.45, 7) is 7.19. The van der Waals surface area contributed by atoms with Crippen molar-refractivity contribution in [3.8, 4) is 0 Å². The lowest BCUT2D eigenvalue weighted by molar-refractivity contribution is 0.247. The third kappa shape index (κ3) is 4.48. The van der Waals surface area contributed by atoms with Crippen LogP contribution in [0.3, 0.4) is 0 Å². The highest BCUT2D eigenvalue weighted by atomic mass is 15.1. The summed E-state index contributed by atoms with van der Waals surface area (Å²) in [7, 11) is 2.25. The van der Waals surface area contributed by atoms with Gasteiger partial charge in [0.2, 0.25) is 0 Å². The zero-order valence-electron chi connectivity index (χ0n) is 12.1. The largest absolute Gasteiger partial charge is 0.311 e. The fourth-order valence-corrected chi connectivity index (χ4v) is 2.80. The molecule has 0 saturated heterocycles. The third-order valence-electron chi connectivity index (χ3n) is 4.11. The van der Waals surface area contributed by atoms with Crippen LogP contribution in [0, 0.1) is 0 Å². The van der Waals surface area contributed by atoms with Gasteiger partial charge in [-0.05, 0) is 31.0 Å². The second kappa shape index (κ2) is 7.46. The van der Waals surface area contributed by atoms with E-state index in [0.717, 1.165) is 25.7 Å². The fraction of sp³-hybridized carbons (Fsp3) is 0.529. The predicted molar refractivity (Wildman–Crippen MR) is 83.2 cm³/mol. The van der Waals surface area contributed by atoms with Crippen LogP contribution >= 0.6 is 0 Å². The van der Waals surface area contributed by atoms with Crippen LogP contribution in [0.4, 0.5) is 0 Å². The van der Waals surface area contributed by atoms with E-state index in [1.54, 1.807) is 0 Å². The summed E-state index contributed by atoms with van der Waals surface area (Å²) in [4.78, 5) is 2.51. The van der Waals surface area contributed by atoms with E-state index >= 15 is 0 Å². The zero-order chi connectivity index (χ0) is 13.5. The predicted octanol–water partition coefficient (Wildman–Crippen LogP) is 3.16. The molecule has 1 aliphatic carbocycles. The summed E-state index contributed by atoms with van der Waals surface area (Å²) in [5.74, 6) is 0. The van der Waals surface area contributed by atoms with Crippen LogP contribution in [0.2, 0.25) is 0 Å². The van der Waals surface area contributed by atoms with Crippen molar-refractivity contribution < 1.29 is 0 Å².